The molecule has 1 heterocycles. The van der Waals surface area contributed by atoms with Crippen molar-refractivity contribution in [1.29, 1.82) is 0 Å². The van der Waals surface area contributed by atoms with Crippen LogP contribution in [0.4, 0.5) is 0 Å². The topological polar surface area (TPSA) is 44.4 Å². The maximum atomic E-state index is 12.2. The van der Waals surface area contributed by atoms with Crippen LogP contribution in [0.1, 0.15) is 58.3 Å². The summed E-state index contributed by atoms with van der Waals surface area (Å²) in [5.74, 6) is 2.04. The van der Waals surface area contributed by atoms with Gasteiger partial charge in [-0.2, -0.15) is 0 Å². The number of nitrogens with zero attached hydrogens (tertiary/aromatic N) is 1. The molecular weight excluding hydrogens is 274 g/mol. The number of carbonyl (C=O) groups excluding carboxylic acids is 1. The Morgan fingerprint density at radius 1 is 0.955 bits per heavy atom. The molecule has 0 aromatic rings. The van der Waals surface area contributed by atoms with E-state index in [1.807, 2.05) is 0 Å². The summed E-state index contributed by atoms with van der Waals surface area (Å²) in [6, 6.07) is 1.11. The lowest BCUT2D eigenvalue weighted by molar-refractivity contribution is -0.123. The van der Waals surface area contributed by atoms with Crippen LogP contribution in [0.3, 0.4) is 0 Å². The minimum Gasteiger partial charge on any atom is -0.352 e. The molecule has 0 aromatic heterocycles. The van der Waals surface area contributed by atoms with Gasteiger partial charge in [-0.1, -0.05) is 6.92 Å². The smallest absolute Gasteiger partial charge is 0.234 e. The van der Waals surface area contributed by atoms with Crippen molar-refractivity contribution >= 4 is 5.91 Å². The van der Waals surface area contributed by atoms with E-state index in [2.05, 4.69) is 22.5 Å². The van der Waals surface area contributed by atoms with Gasteiger partial charge in [0.05, 0.1) is 6.54 Å². The molecule has 3 rings (SSSR count). The van der Waals surface area contributed by atoms with Crippen molar-refractivity contribution in [2.45, 2.75) is 70.4 Å². The van der Waals surface area contributed by atoms with E-state index in [4.69, 9.17) is 0 Å². The van der Waals surface area contributed by atoms with Gasteiger partial charge < -0.3 is 10.6 Å². The van der Waals surface area contributed by atoms with Gasteiger partial charge in [0.25, 0.3) is 0 Å². The highest BCUT2D eigenvalue weighted by molar-refractivity contribution is 5.78. The Kier molecular flexibility index (Phi) is 5.75. The van der Waals surface area contributed by atoms with Gasteiger partial charge in [-0.3, -0.25) is 9.69 Å². The quantitative estimate of drug-likeness (QED) is 0.790. The van der Waals surface area contributed by atoms with E-state index in [0.29, 0.717) is 18.6 Å². The fourth-order valence-corrected chi connectivity index (χ4v) is 3.83. The largest absolute Gasteiger partial charge is 0.352 e. The second kappa shape index (κ2) is 7.78. The van der Waals surface area contributed by atoms with Crippen LogP contribution in [0.25, 0.3) is 0 Å². The summed E-state index contributed by atoms with van der Waals surface area (Å²) in [7, 11) is 0. The molecule has 3 fully saturated rings. The molecule has 4 heteroatoms. The Bertz CT molecular complexity index is 353. The summed E-state index contributed by atoms with van der Waals surface area (Å²) in [4.78, 5) is 14.5. The fraction of sp³-hybridized carbons (Fsp3) is 0.944. The zero-order valence-corrected chi connectivity index (χ0v) is 14.2. The lowest BCUT2D eigenvalue weighted by Crippen LogP contribution is -2.48. The molecule has 1 amide bonds. The number of nitrogens with one attached hydrogen (secondary N) is 2. The standard InChI is InChI=1S/C18H33N3O/c1-14-2-6-17(7-3-14)20-18(22)13-21-10-8-16(9-11-21)19-12-15-4-5-15/h14-17,19H,2-13H2,1H3,(H,20,22). The molecule has 2 saturated carbocycles. The summed E-state index contributed by atoms with van der Waals surface area (Å²) < 4.78 is 0. The summed E-state index contributed by atoms with van der Waals surface area (Å²) in [5, 5.41) is 6.95. The van der Waals surface area contributed by atoms with E-state index in [1.165, 1.54) is 57.9 Å². The minimum atomic E-state index is 0.240. The first-order chi connectivity index (χ1) is 10.7. The Morgan fingerprint density at radius 2 is 1.64 bits per heavy atom. The predicted molar refractivity (Wildman–Crippen MR) is 89.8 cm³/mol. The molecule has 3 aliphatic rings. The van der Waals surface area contributed by atoms with Gasteiger partial charge in [0.2, 0.25) is 5.91 Å². The van der Waals surface area contributed by atoms with Crippen molar-refractivity contribution in [2.75, 3.05) is 26.2 Å². The predicted octanol–water partition coefficient (Wildman–Crippen LogP) is 2.15. The molecule has 0 atom stereocenters. The third-order valence-electron chi connectivity index (χ3n) is 5.73. The highest BCUT2D eigenvalue weighted by Gasteiger charge is 2.25. The lowest BCUT2D eigenvalue weighted by Gasteiger charge is -2.33. The number of hydrogen-bond acceptors (Lipinski definition) is 3. The van der Waals surface area contributed by atoms with E-state index in [1.54, 1.807) is 0 Å². The first kappa shape index (κ1) is 16.3. The monoisotopic (exact) mass is 307 g/mol. The third-order valence-corrected chi connectivity index (χ3v) is 5.73. The Morgan fingerprint density at radius 3 is 2.27 bits per heavy atom. The Hall–Kier alpha value is -0.610. The van der Waals surface area contributed by atoms with Gasteiger partial charge >= 0.3 is 0 Å². The van der Waals surface area contributed by atoms with Gasteiger partial charge in [0.1, 0.15) is 0 Å². The first-order valence-electron chi connectivity index (χ1n) is 9.44. The summed E-state index contributed by atoms with van der Waals surface area (Å²) in [6.07, 6.45) is 10.1. The van der Waals surface area contributed by atoms with Crippen LogP contribution in [0.15, 0.2) is 0 Å². The fourth-order valence-electron chi connectivity index (χ4n) is 3.83. The second-order valence-corrected chi connectivity index (χ2v) is 7.93. The number of likely N-dealkylation sites (tertiary alicyclic amines) is 1. The van der Waals surface area contributed by atoms with Gasteiger partial charge in [0.15, 0.2) is 0 Å². The molecule has 2 aliphatic carbocycles. The normalized spacial score (nSPS) is 31.1. The van der Waals surface area contributed by atoms with Crippen molar-refractivity contribution < 1.29 is 4.79 Å². The van der Waals surface area contributed by atoms with Crippen molar-refractivity contribution in [3.63, 3.8) is 0 Å². The molecule has 0 radical (unpaired) electrons. The van der Waals surface area contributed by atoms with E-state index < -0.39 is 0 Å². The molecule has 2 N–H and O–H groups in total. The van der Waals surface area contributed by atoms with Crippen molar-refractivity contribution in [2.24, 2.45) is 11.8 Å². The molecule has 4 nitrogen and oxygen atoms in total. The molecule has 1 saturated heterocycles. The summed E-state index contributed by atoms with van der Waals surface area (Å²) in [5.41, 5.74) is 0. The number of rotatable bonds is 6. The van der Waals surface area contributed by atoms with Crippen molar-refractivity contribution in [3.05, 3.63) is 0 Å². The summed E-state index contributed by atoms with van der Waals surface area (Å²) >= 11 is 0. The highest BCUT2D eigenvalue weighted by atomic mass is 16.2. The second-order valence-electron chi connectivity index (χ2n) is 7.93. The molecule has 0 unspecified atom stereocenters. The minimum absolute atomic E-state index is 0.240. The zero-order chi connectivity index (χ0) is 15.4. The maximum absolute atomic E-state index is 12.2. The Labute approximate surface area is 135 Å². The lowest BCUT2D eigenvalue weighted by atomic mass is 9.87. The SMILES string of the molecule is CC1CCC(NC(=O)CN2CCC(NCC3CC3)CC2)CC1. The van der Waals surface area contributed by atoms with Crippen molar-refractivity contribution in [3.8, 4) is 0 Å². The van der Waals surface area contributed by atoms with E-state index >= 15 is 0 Å². The van der Waals surface area contributed by atoms with Crippen LogP contribution in [-0.4, -0.2) is 49.1 Å². The molecule has 1 aliphatic heterocycles. The van der Waals surface area contributed by atoms with E-state index in [9.17, 15) is 4.79 Å². The van der Waals surface area contributed by atoms with Crippen LogP contribution in [-0.2, 0) is 4.79 Å². The molecular formula is C18H33N3O. The zero-order valence-electron chi connectivity index (χ0n) is 14.2. The highest BCUT2D eigenvalue weighted by Crippen LogP contribution is 2.28. The number of carbonyl (C=O) groups is 1. The van der Waals surface area contributed by atoms with Gasteiger partial charge in [-0.25, -0.2) is 0 Å². The number of piperidine rings is 1. The molecule has 22 heavy (non-hydrogen) atoms. The van der Waals surface area contributed by atoms with Crippen LogP contribution >= 0.6 is 0 Å². The van der Waals surface area contributed by atoms with Gasteiger partial charge in [-0.15, -0.1) is 0 Å². The average Bonchev–Trinajstić information content (AvgIpc) is 3.33. The van der Waals surface area contributed by atoms with E-state index in [0.717, 1.165) is 24.9 Å². The first-order valence-corrected chi connectivity index (χ1v) is 9.44. The van der Waals surface area contributed by atoms with Crippen LogP contribution in [0, 0.1) is 11.8 Å². The maximum Gasteiger partial charge on any atom is 0.234 e. The van der Waals surface area contributed by atoms with Crippen molar-refractivity contribution in [1.82, 2.24) is 15.5 Å². The molecule has 126 valence electrons. The molecule has 0 bridgehead atoms. The average molecular weight is 307 g/mol. The van der Waals surface area contributed by atoms with Crippen LogP contribution in [0.2, 0.25) is 0 Å². The third kappa shape index (κ3) is 5.24. The number of amides is 1. The summed E-state index contributed by atoms with van der Waals surface area (Å²) in [6.45, 7) is 6.26. The Balaban J connectivity index is 1.29. The van der Waals surface area contributed by atoms with Gasteiger partial charge in [-0.05, 0) is 69.7 Å². The number of hydrogen-bond donors (Lipinski definition) is 2. The van der Waals surface area contributed by atoms with Gasteiger partial charge in [0, 0.05) is 25.2 Å². The molecule has 0 aromatic carbocycles. The van der Waals surface area contributed by atoms with E-state index in [-0.39, 0.29) is 5.91 Å². The van der Waals surface area contributed by atoms with Crippen LogP contribution < -0.4 is 10.6 Å². The van der Waals surface area contributed by atoms with Crippen LogP contribution in [0.5, 0.6) is 0 Å². The molecule has 0 spiro atoms.